The predicted molar refractivity (Wildman–Crippen MR) is 391 cm³/mol. The fraction of sp³-hybridized carbons (Fsp3) is 0.507. The second-order valence-electron chi connectivity index (χ2n) is 25.5. The number of nitrogens with two attached hydrogens (primary N) is 7. The van der Waals surface area contributed by atoms with Crippen molar-refractivity contribution in [2.45, 2.75) is 203 Å². The minimum atomic E-state index is -1.47. The molecule has 544 valence electrons. The van der Waals surface area contributed by atoms with Crippen molar-refractivity contribution in [2.75, 3.05) is 26.2 Å². The number of nitrogens with one attached hydrogen (secondary N) is 10. The topological polar surface area (TPSA) is 508 Å². The summed E-state index contributed by atoms with van der Waals surface area (Å²) in [5.41, 5.74) is 44.2. The monoisotopic (exact) mass is 1380 g/mol. The highest BCUT2D eigenvalue weighted by atomic mass is 16.4. The number of carbonyl (C=O) groups excluding carboxylic acids is 7. The van der Waals surface area contributed by atoms with E-state index >= 15 is 14.4 Å². The van der Waals surface area contributed by atoms with Crippen LogP contribution in [0.25, 0.3) is 32.7 Å². The van der Waals surface area contributed by atoms with Gasteiger partial charge in [0, 0.05) is 103 Å². The summed E-state index contributed by atoms with van der Waals surface area (Å²) in [6.45, 7) is 2.81. The van der Waals surface area contributed by atoms with Crippen LogP contribution in [0.15, 0.2) is 106 Å². The molecule has 0 aliphatic rings. The average Bonchev–Trinajstić information content (AvgIpc) is 1.62. The van der Waals surface area contributed by atoms with Crippen molar-refractivity contribution in [3.63, 3.8) is 0 Å². The second-order valence-corrected chi connectivity index (χ2v) is 25.5. The summed E-state index contributed by atoms with van der Waals surface area (Å²) >= 11 is 0. The summed E-state index contributed by atoms with van der Waals surface area (Å²) in [7, 11) is 0. The van der Waals surface area contributed by atoms with E-state index in [1.165, 1.54) is 44.9 Å². The van der Waals surface area contributed by atoms with Gasteiger partial charge in [0.15, 0.2) is 17.9 Å². The lowest BCUT2D eigenvalue weighted by molar-refractivity contribution is -0.142. The summed E-state index contributed by atoms with van der Waals surface area (Å²) in [5, 5.41) is 32.4. The SMILES string of the molecule is CCCCCCCCCCCCCC(=O)NCCCC[C@H](NC(=O)[C@H](Cc1c[nH]c2ccccc12)NC(=O)[C@H](CCCN=C(N)N)NC(=O)[C@H](Cc1c[nH]c2ccccc12)NC(=O)[C@H](CCCN=C(N)N)NC(=O)[C@H](Cc1c[nH]c2ccccc12)NC(=O)[C@@H](N)CCCN=C(N)N)C(=O)O. The van der Waals surface area contributed by atoms with Crippen molar-refractivity contribution in [1.29, 1.82) is 0 Å². The molecule has 0 aliphatic carbocycles. The van der Waals surface area contributed by atoms with Gasteiger partial charge >= 0.3 is 5.97 Å². The fourth-order valence-electron chi connectivity index (χ4n) is 12.0. The Morgan fingerprint density at radius 1 is 0.400 bits per heavy atom. The number of nitrogens with zero attached hydrogens (tertiary/aromatic N) is 3. The fourth-order valence-corrected chi connectivity index (χ4v) is 12.0. The maximum Gasteiger partial charge on any atom is 0.326 e. The van der Waals surface area contributed by atoms with Crippen LogP contribution < -0.4 is 77.4 Å². The van der Waals surface area contributed by atoms with Gasteiger partial charge in [0.1, 0.15) is 36.3 Å². The van der Waals surface area contributed by atoms with Crippen molar-refractivity contribution < 1.29 is 43.5 Å². The molecule has 0 saturated carbocycles. The molecule has 3 aromatic heterocycles. The Kier molecular flexibility index (Phi) is 33.6. The lowest BCUT2D eigenvalue weighted by atomic mass is 10.0. The minimum absolute atomic E-state index is 0.0115. The molecule has 0 fully saturated rings. The first kappa shape index (κ1) is 78.8. The van der Waals surface area contributed by atoms with Crippen LogP contribution in [0.5, 0.6) is 0 Å². The molecule has 0 saturated heterocycles. The summed E-state index contributed by atoms with van der Waals surface area (Å²) in [5.74, 6) is -6.69. The van der Waals surface area contributed by atoms with Crippen LogP contribution in [0.2, 0.25) is 0 Å². The molecule has 0 aliphatic heterocycles. The molecule has 7 amide bonds. The molecule has 100 heavy (non-hydrogen) atoms. The summed E-state index contributed by atoms with van der Waals surface area (Å²) < 4.78 is 0. The van der Waals surface area contributed by atoms with E-state index in [-0.39, 0.29) is 101 Å². The number of H-pyrrole nitrogens is 3. The molecule has 0 bridgehead atoms. The normalized spacial score (nSPS) is 13.3. The highest BCUT2D eigenvalue weighted by Gasteiger charge is 2.35. The predicted octanol–water partition coefficient (Wildman–Crippen LogP) is 3.63. The third kappa shape index (κ3) is 27.3. The van der Waals surface area contributed by atoms with Gasteiger partial charge < -0.3 is 97.4 Å². The van der Waals surface area contributed by atoms with Gasteiger partial charge in [0.25, 0.3) is 0 Å². The number of aliphatic carboxylic acids is 1. The third-order valence-electron chi connectivity index (χ3n) is 17.5. The molecule has 0 unspecified atom stereocenters. The first-order valence-corrected chi connectivity index (χ1v) is 35.1. The van der Waals surface area contributed by atoms with Crippen LogP contribution in [0.1, 0.15) is 158 Å². The molecule has 6 aromatic rings. The lowest BCUT2D eigenvalue weighted by Crippen LogP contribution is -2.60. The van der Waals surface area contributed by atoms with Gasteiger partial charge in [-0.15, -0.1) is 0 Å². The Morgan fingerprint density at radius 3 is 1.12 bits per heavy atom. The first-order valence-electron chi connectivity index (χ1n) is 35.1. The van der Waals surface area contributed by atoms with Gasteiger partial charge in [-0.25, -0.2) is 4.79 Å². The van der Waals surface area contributed by atoms with E-state index in [2.05, 4.69) is 74.1 Å². The second kappa shape index (κ2) is 42.6. The Balaban J connectivity index is 1.23. The minimum Gasteiger partial charge on any atom is -0.480 e. The number of fused-ring (bicyclic) bond motifs is 3. The number of carbonyl (C=O) groups is 8. The molecular weight excluding hydrogens is 1280 g/mol. The number of guanidine groups is 3. The van der Waals surface area contributed by atoms with Crippen molar-refractivity contribution in [3.05, 3.63) is 108 Å². The number of para-hydroxylation sites is 3. The van der Waals surface area contributed by atoms with E-state index in [1.54, 1.807) is 18.6 Å². The van der Waals surface area contributed by atoms with E-state index in [0.717, 1.165) is 58.4 Å². The number of aromatic amines is 3. The van der Waals surface area contributed by atoms with Gasteiger partial charge in [-0.2, -0.15) is 0 Å². The van der Waals surface area contributed by atoms with E-state index in [1.807, 2.05) is 72.8 Å². The summed E-state index contributed by atoms with van der Waals surface area (Å²) in [6, 6.07) is 12.5. The van der Waals surface area contributed by atoms with Crippen LogP contribution in [-0.2, 0) is 57.6 Å². The standard InChI is InChI=1S/C71H106N20O9/c1-2-3-4-5-6-7-8-9-10-11-12-34-61(92)79-35-20-19-31-57(68(99)100)88-67(98)60(41-47-44-85-54-30-18-15-26-50(47)54)91-64(95)56(33-23-38-82-71(77)78)87-66(97)59(40-46-43-84-53-29-17-14-25-49(46)53)90-63(94)55(32-22-37-81-70(75)76)86-65(96)58(39-45-42-83-52-28-16-13-24-48(45)52)89-62(93)51(72)27-21-36-80-69(73)74/h13-18,24-26,28-30,42-44,51,55-60,83-85H,2-12,19-23,27,31-41,72H2,1H3,(H,79,92)(H,86,96)(H,87,97)(H,88,98)(H,89,93)(H,90,94)(H,91,95)(H,99,100)(H4,73,74,80)(H4,75,76,81)(H4,77,78,82)/t51-,55-,56-,57-,58-,59-,60-/m0/s1. The van der Waals surface area contributed by atoms with Gasteiger partial charge in [0.2, 0.25) is 41.4 Å². The maximum absolute atomic E-state index is 15.3. The molecule has 0 radical (unpaired) electrons. The molecule has 29 nitrogen and oxygen atoms in total. The van der Waals surface area contributed by atoms with Gasteiger partial charge in [-0.3, -0.25) is 48.5 Å². The molecule has 7 atom stereocenters. The summed E-state index contributed by atoms with van der Waals surface area (Å²) in [6.07, 6.45) is 19.5. The number of hydrogen-bond acceptors (Lipinski definition) is 12. The quantitative estimate of drug-likeness (QED) is 0.0147. The molecule has 29 heteroatoms. The highest BCUT2D eigenvalue weighted by molar-refractivity contribution is 5.98. The van der Waals surface area contributed by atoms with E-state index in [9.17, 15) is 29.1 Å². The molecule has 25 N–H and O–H groups in total. The molecular formula is C71H106N20O9. The van der Waals surface area contributed by atoms with Gasteiger partial charge in [-0.05, 0) is 99.1 Å². The molecule has 3 heterocycles. The van der Waals surface area contributed by atoms with Crippen LogP contribution in [0, 0.1) is 0 Å². The van der Waals surface area contributed by atoms with Crippen molar-refractivity contribution >= 4 is 97.9 Å². The zero-order valence-electron chi connectivity index (χ0n) is 57.6. The number of rotatable bonds is 48. The number of amides is 7. The smallest absolute Gasteiger partial charge is 0.326 e. The Bertz CT molecular complexity index is 3680. The number of carboxylic acids is 1. The Morgan fingerprint density at radius 2 is 0.730 bits per heavy atom. The Labute approximate surface area is 583 Å². The van der Waals surface area contributed by atoms with E-state index in [0.29, 0.717) is 48.9 Å². The number of carboxylic acid groups (broad SMARTS) is 1. The lowest BCUT2D eigenvalue weighted by Gasteiger charge is -2.28. The number of aromatic nitrogens is 3. The van der Waals surface area contributed by atoms with Gasteiger partial charge in [0.05, 0.1) is 6.04 Å². The van der Waals surface area contributed by atoms with Crippen LogP contribution in [0.4, 0.5) is 0 Å². The highest BCUT2D eigenvalue weighted by Crippen LogP contribution is 2.23. The summed E-state index contributed by atoms with van der Waals surface area (Å²) in [4.78, 5) is 136. The third-order valence-corrected chi connectivity index (χ3v) is 17.5. The zero-order chi connectivity index (χ0) is 72.2. The van der Waals surface area contributed by atoms with Crippen LogP contribution in [-0.4, -0.2) is 154 Å². The molecule has 0 spiro atoms. The van der Waals surface area contributed by atoms with Gasteiger partial charge in [-0.1, -0.05) is 126 Å². The van der Waals surface area contributed by atoms with Crippen LogP contribution >= 0.6 is 0 Å². The first-order chi connectivity index (χ1) is 48.2. The van der Waals surface area contributed by atoms with E-state index in [4.69, 9.17) is 40.1 Å². The Hall–Kier alpha value is -10.2. The number of benzene rings is 3. The average molecular weight is 1380 g/mol. The van der Waals surface area contributed by atoms with Crippen molar-refractivity contribution in [3.8, 4) is 0 Å². The number of hydrogen-bond donors (Lipinski definition) is 18. The van der Waals surface area contributed by atoms with Crippen LogP contribution in [0.3, 0.4) is 0 Å². The molecule has 6 rings (SSSR count). The maximum atomic E-state index is 15.3. The number of unbranched alkanes of at least 4 members (excludes halogenated alkanes) is 11. The largest absolute Gasteiger partial charge is 0.480 e. The van der Waals surface area contributed by atoms with E-state index < -0.39 is 83.7 Å². The molecule has 3 aromatic carbocycles. The van der Waals surface area contributed by atoms with Crippen molar-refractivity contribution in [1.82, 2.24) is 52.2 Å². The van der Waals surface area contributed by atoms with Crippen molar-refractivity contribution in [2.24, 2.45) is 55.1 Å². The number of aliphatic imine (C=N–C) groups is 3. The zero-order valence-corrected chi connectivity index (χ0v) is 57.6.